The number of amides is 2. The number of aryl methyl sites for hydroxylation is 1. The number of nitrogens with zero attached hydrogens (tertiary/aromatic N) is 3. The van der Waals surface area contributed by atoms with Crippen molar-refractivity contribution < 1.29 is 22.4 Å². The van der Waals surface area contributed by atoms with Gasteiger partial charge in [0.15, 0.2) is 0 Å². The summed E-state index contributed by atoms with van der Waals surface area (Å²) in [6.45, 7) is 3.63. The van der Waals surface area contributed by atoms with Gasteiger partial charge in [0.2, 0.25) is 11.8 Å². The molecular weight excluding hydrogens is 531 g/mol. The Morgan fingerprint density at radius 2 is 1.55 bits per heavy atom. The van der Waals surface area contributed by atoms with Crippen LogP contribution in [0.5, 0.6) is 0 Å². The third-order valence-corrected chi connectivity index (χ3v) is 8.37. The maximum absolute atomic E-state index is 14.9. The van der Waals surface area contributed by atoms with Crippen LogP contribution in [0.1, 0.15) is 30.0 Å². The van der Waals surface area contributed by atoms with Crippen molar-refractivity contribution in [2.75, 3.05) is 31.5 Å². The van der Waals surface area contributed by atoms with E-state index in [1.54, 1.807) is 0 Å². The molecule has 0 saturated carbocycles. The minimum absolute atomic E-state index is 0.0652. The first-order valence-electron chi connectivity index (χ1n) is 13.2. The summed E-state index contributed by atoms with van der Waals surface area (Å²) in [5.74, 6) is -1.77. The zero-order chi connectivity index (χ0) is 29.3. The van der Waals surface area contributed by atoms with Crippen LogP contribution in [0.15, 0.2) is 78.9 Å². The molecule has 0 aliphatic carbocycles. The minimum Gasteiger partial charge on any atom is -0.354 e. The lowest BCUT2D eigenvalue weighted by Gasteiger charge is -2.34. The summed E-state index contributed by atoms with van der Waals surface area (Å²) in [5.41, 5.74) is 2.31. The Bertz CT molecular complexity index is 1400. The molecule has 40 heavy (non-hydrogen) atoms. The Hall–Kier alpha value is -3.76. The molecule has 0 bridgehead atoms. The second-order valence-corrected chi connectivity index (χ2v) is 11.8. The first kappa shape index (κ1) is 30.8. The van der Waals surface area contributed by atoms with Gasteiger partial charge in [-0.15, -0.1) is 0 Å². The fourth-order valence-corrected chi connectivity index (χ4v) is 5.31. The van der Waals surface area contributed by atoms with Crippen LogP contribution in [0.4, 0.5) is 10.1 Å². The number of anilines is 1. The Morgan fingerprint density at radius 1 is 0.925 bits per heavy atom. The van der Waals surface area contributed by atoms with E-state index in [0.717, 1.165) is 31.4 Å². The van der Waals surface area contributed by atoms with Gasteiger partial charge < -0.3 is 10.2 Å². The van der Waals surface area contributed by atoms with Crippen molar-refractivity contribution in [1.29, 1.82) is 0 Å². The number of halogens is 1. The number of nitrogens with one attached hydrogen (secondary N) is 1. The van der Waals surface area contributed by atoms with Crippen LogP contribution in [-0.4, -0.2) is 62.7 Å². The number of benzene rings is 3. The molecule has 0 aromatic heterocycles. The van der Waals surface area contributed by atoms with E-state index in [4.69, 9.17) is 0 Å². The first-order valence-corrected chi connectivity index (χ1v) is 14.6. The molecule has 3 aromatic rings. The Labute approximate surface area is 236 Å². The van der Waals surface area contributed by atoms with Crippen LogP contribution in [0.2, 0.25) is 0 Å². The second kappa shape index (κ2) is 14.0. The van der Waals surface area contributed by atoms with Crippen molar-refractivity contribution in [2.45, 2.75) is 39.3 Å². The summed E-state index contributed by atoms with van der Waals surface area (Å²) < 4.78 is 43.2. The molecule has 8 nitrogen and oxygen atoms in total. The molecule has 0 fully saturated rings. The molecule has 1 atom stereocenters. The van der Waals surface area contributed by atoms with Crippen LogP contribution >= 0.6 is 0 Å². The van der Waals surface area contributed by atoms with Gasteiger partial charge in [0, 0.05) is 33.6 Å². The van der Waals surface area contributed by atoms with Crippen LogP contribution in [0.3, 0.4) is 0 Å². The van der Waals surface area contributed by atoms with E-state index in [0.29, 0.717) is 13.0 Å². The maximum Gasteiger partial charge on any atom is 0.304 e. The Balaban J connectivity index is 2.10. The van der Waals surface area contributed by atoms with E-state index < -0.39 is 34.5 Å². The predicted octanol–water partition coefficient (Wildman–Crippen LogP) is 3.91. The molecule has 1 N–H and O–H groups in total. The normalized spacial score (nSPS) is 12.2. The number of hydrogen-bond acceptors (Lipinski definition) is 4. The fraction of sp³-hybridized carbons (Fsp3) is 0.333. The van der Waals surface area contributed by atoms with Crippen LogP contribution in [0, 0.1) is 12.7 Å². The highest BCUT2D eigenvalue weighted by Crippen LogP contribution is 2.24. The number of carbonyl (C=O) groups excluding carboxylic acids is 2. The van der Waals surface area contributed by atoms with Gasteiger partial charge in [0.25, 0.3) is 0 Å². The quantitative estimate of drug-likeness (QED) is 0.339. The van der Waals surface area contributed by atoms with Crippen molar-refractivity contribution in [3.63, 3.8) is 0 Å². The number of para-hydroxylation sites is 1. The smallest absolute Gasteiger partial charge is 0.304 e. The zero-order valence-corrected chi connectivity index (χ0v) is 24.2. The van der Waals surface area contributed by atoms with E-state index in [1.807, 2.05) is 68.4 Å². The molecule has 0 radical (unpaired) electrons. The highest BCUT2D eigenvalue weighted by atomic mass is 32.2. The highest BCUT2D eigenvalue weighted by molar-refractivity contribution is 7.90. The molecule has 10 heteroatoms. The molecule has 214 valence electrons. The second-order valence-electron chi connectivity index (χ2n) is 9.69. The van der Waals surface area contributed by atoms with E-state index in [2.05, 4.69) is 5.32 Å². The molecule has 0 spiro atoms. The van der Waals surface area contributed by atoms with Gasteiger partial charge in [-0.1, -0.05) is 73.7 Å². The maximum atomic E-state index is 14.9. The SMILES string of the molecule is CCCNC(=O)C(Cc1ccccc1)N(Cc1ccccc1C)C(=O)CN(c1ccccc1F)S(=O)(=O)N(C)C. The molecule has 3 aromatic carbocycles. The summed E-state index contributed by atoms with van der Waals surface area (Å²) >= 11 is 0. The summed E-state index contributed by atoms with van der Waals surface area (Å²) in [6, 6.07) is 21.3. The van der Waals surface area contributed by atoms with Gasteiger partial charge >= 0.3 is 10.2 Å². The first-order chi connectivity index (χ1) is 19.1. The molecule has 1 unspecified atom stereocenters. The number of hydrogen-bond donors (Lipinski definition) is 1. The van der Waals surface area contributed by atoms with Gasteiger partial charge in [-0.3, -0.25) is 9.59 Å². The van der Waals surface area contributed by atoms with Gasteiger partial charge in [0.05, 0.1) is 5.69 Å². The molecule has 0 saturated heterocycles. The lowest BCUT2D eigenvalue weighted by molar-refractivity contribution is -0.140. The van der Waals surface area contributed by atoms with Crippen molar-refractivity contribution in [2.24, 2.45) is 0 Å². The van der Waals surface area contributed by atoms with Crippen molar-refractivity contribution >= 4 is 27.7 Å². The fourth-order valence-electron chi connectivity index (χ4n) is 4.25. The van der Waals surface area contributed by atoms with Crippen LogP contribution in [-0.2, 0) is 32.8 Å². The number of rotatable bonds is 13. The van der Waals surface area contributed by atoms with Crippen LogP contribution < -0.4 is 9.62 Å². The molecule has 3 rings (SSSR count). The van der Waals surface area contributed by atoms with Gasteiger partial charge in [0.1, 0.15) is 18.4 Å². The predicted molar refractivity (Wildman–Crippen MR) is 155 cm³/mol. The van der Waals surface area contributed by atoms with Crippen molar-refractivity contribution in [1.82, 2.24) is 14.5 Å². The average Bonchev–Trinajstić information content (AvgIpc) is 2.94. The average molecular weight is 569 g/mol. The minimum atomic E-state index is -4.26. The number of carbonyl (C=O) groups is 2. The third-order valence-electron chi connectivity index (χ3n) is 6.56. The van der Waals surface area contributed by atoms with E-state index in [1.165, 1.54) is 37.2 Å². The summed E-state index contributed by atoms with van der Waals surface area (Å²) in [6.07, 6.45) is 0.922. The third kappa shape index (κ3) is 7.67. The summed E-state index contributed by atoms with van der Waals surface area (Å²) in [5, 5.41) is 2.90. The van der Waals surface area contributed by atoms with E-state index in [9.17, 15) is 22.4 Å². The molecule has 2 amide bonds. The highest BCUT2D eigenvalue weighted by Gasteiger charge is 2.35. The van der Waals surface area contributed by atoms with Crippen molar-refractivity contribution in [3.05, 3.63) is 101 Å². The van der Waals surface area contributed by atoms with E-state index in [-0.39, 0.29) is 24.6 Å². The van der Waals surface area contributed by atoms with E-state index >= 15 is 0 Å². The van der Waals surface area contributed by atoms with Gasteiger partial charge in [-0.2, -0.15) is 12.7 Å². The summed E-state index contributed by atoms with van der Waals surface area (Å²) in [4.78, 5) is 29.1. The van der Waals surface area contributed by atoms with Crippen LogP contribution in [0.25, 0.3) is 0 Å². The standard InChI is InChI=1S/C30H37FN4O4S/c1-5-19-32-30(37)28(20-24-14-7-6-8-15-24)34(21-25-16-10-9-13-23(25)2)29(36)22-35(40(38,39)33(3)4)27-18-12-11-17-26(27)31/h6-18,28H,5,19-22H2,1-4H3,(H,32,37). The molecular formula is C30H37FN4O4S. The lowest BCUT2D eigenvalue weighted by atomic mass is 10.0. The lowest BCUT2D eigenvalue weighted by Crippen LogP contribution is -2.54. The largest absolute Gasteiger partial charge is 0.354 e. The molecule has 0 heterocycles. The molecule has 0 aliphatic rings. The van der Waals surface area contributed by atoms with Gasteiger partial charge in [-0.25, -0.2) is 8.70 Å². The Kier molecular flexibility index (Phi) is 10.8. The topological polar surface area (TPSA) is 90.0 Å². The van der Waals surface area contributed by atoms with Gasteiger partial charge in [-0.05, 0) is 42.2 Å². The molecule has 0 aliphatic heterocycles. The van der Waals surface area contributed by atoms with Crippen molar-refractivity contribution in [3.8, 4) is 0 Å². The summed E-state index contributed by atoms with van der Waals surface area (Å²) in [7, 11) is -1.64. The zero-order valence-electron chi connectivity index (χ0n) is 23.4. The Morgan fingerprint density at radius 3 is 2.17 bits per heavy atom. The monoisotopic (exact) mass is 568 g/mol.